The number of aliphatic hydroxyl groups is 1. The first-order chi connectivity index (χ1) is 7.22. The van der Waals surface area contributed by atoms with Crippen molar-refractivity contribution in [3.05, 3.63) is 0 Å². The summed E-state index contributed by atoms with van der Waals surface area (Å²) in [5, 5.41) is 16.4. The summed E-state index contributed by atoms with van der Waals surface area (Å²) in [6.07, 6.45) is 5.66. The lowest BCUT2D eigenvalue weighted by molar-refractivity contribution is -0.0279. The lowest BCUT2D eigenvalue weighted by Gasteiger charge is -2.36. The van der Waals surface area contributed by atoms with Gasteiger partial charge in [-0.2, -0.15) is 0 Å². The molecule has 0 bridgehead atoms. The molecule has 0 radical (unpaired) electrons. The fourth-order valence-corrected chi connectivity index (χ4v) is 1.79. The van der Waals surface area contributed by atoms with E-state index in [1.54, 1.807) is 7.05 Å². The highest BCUT2D eigenvalue weighted by Crippen LogP contribution is 2.30. The minimum atomic E-state index is -0.475. The van der Waals surface area contributed by atoms with E-state index in [0.29, 0.717) is 6.54 Å². The van der Waals surface area contributed by atoms with Gasteiger partial charge in [0.1, 0.15) is 0 Å². The summed E-state index contributed by atoms with van der Waals surface area (Å²) in [4.78, 5) is 4.13. The molecule has 2 saturated carbocycles. The molecular weight excluding hydrogens is 317 g/mol. The van der Waals surface area contributed by atoms with E-state index < -0.39 is 5.60 Å². The smallest absolute Gasteiger partial charge is 0.191 e. The van der Waals surface area contributed by atoms with Crippen molar-refractivity contribution in [3.63, 3.8) is 0 Å². The van der Waals surface area contributed by atoms with Gasteiger partial charge in [0.15, 0.2) is 5.96 Å². The van der Waals surface area contributed by atoms with Gasteiger partial charge in [0.2, 0.25) is 0 Å². The van der Waals surface area contributed by atoms with Crippen LogP contribution in [0.3, 0.4) is 0 Å². The number of halogens is 1. The molecular formula is C11H22IN3O. The van der Waals surface area contributed by atoms with Crippen molar-refractivity contribution in [2.75, 3.05) is 20.1 Å². The second-order valence-corrected chi connectivity index (χ2v) is 4.83. The zero-order valence-corrected chi connectivity index (χ0v) is 12.2. The second kappa shape index (κ2) is 6.05. The Bertz CT molecular complexity index is 250. The van der Waals surface area contributed by atoms with E-state index in [0.717, 1.165) is 37.7 Å². The van der Waals surface area contributed by atoms with Crippen LogP contribution in [0.1, 0.15) is 32.1 Å². The maximum Gasteiger partial charge on any atom is 0.191 e. The number of nitrogens with one attached hydrogen (secondary N) is 2. The monoisotopic (exact) mass is 339 g/mol. The highest BCUT2D eigenvalue weighted by Gasteiger charge is 2.34. The number of hydrogen-bond donors (Lipinski definition) is 3. The van der Waals surface area contributed by atoms with Gasteiger partial charge >= 0.3 is 0 Å². The molecule has 0 spiro atoms. The Kier molecular flexibility index (Phi) is 5.30. The molecule has 16 heavy (non-hydrogen) atoms. The number of guanidine groups is 1. The van der Waals surface area contributed by atoms with Gasteiger partial charge < -0.3 is 15.7 Å². The Labute approximate surface area is 114 Å². The van der Waals surface area contributed by atoms with Crippen molar-refractivity contribution in [1.29, 1.82) is 0 Å². The fourth-order valence-electron chi connectivity index (χ4n) is 1.79. The summed E-state index contributed by atoms with van der Waals surface area (Å²) < 4.78 is 0. The zero-order chi connectivity index (χ0) is 10.7. The molecule has 5 heteroatoms. The third kappa shape index (κ3) is 4.08. The third-order valence-electron chi connectivity index (χ3n) is 3.35. The van der Waals surface area contributed by atoms with E-state index in [-0.39, 0.29) is 24.0 Å². The summed E-state index contributed by atoms with van der Waals surface area (Å²) in [6.45, 7) is 1.63. The van der Waals surface area contributed by atoms with Crippen molar-refractivity contribution in [3.8, 4) is 0 Å². The summed E-state index contributed by atoms with van der Waals surface area (Å²) in [6, 6.07) is 0. The topological polar surface area (TPSA) is 56.7 Å². The van der Waals surface area contributed by atoms with Crippen molar-refractivity contribution in [1.82, 2.24) is 10.6 Å². The molecule has 0 aliphatic heterocycles. The molecule has 2 aliphatic carbocycles. The number of hydrogen-bond acceptors (Lipinski definition) is 2. The minimum absolute atomic E-state index is 0. The van der Waals surface area contributed by atoms with Gasteiger partial charge in [-0.1, -0.05) is 0 Å². The number of aliphatic imine (C=N–C) groups is 1. The normalized spacial score (nSPS) is 23.0. The first-order valence-electron chi connectivity index (χ1n) is 5.89. The van der Waals surface area contributed by atoms with Crippen molar-refractivity contribution >= 4 is 29.9 Å². The second-order valence-electron chi connectivity index (χ2n) is 4.83. The van der Waals surface area contributed by atoms with Crippen LogP contribution in [0.4, 0.5) is 0 Å². The van der Waals surface area contributed by atoms with E-state index in [9.17, 15) is 5.11 Å². The Hall–Kier alpha value is -0.0400. The SMILES string of the molecule is CN=C(NCC1CC1)NCC1(O)CCC1.I. The Morgan fingerprint density at radius 3 is 2.50 bits per heavy atom. The quantitative estimate of drug-likeness (QED) is 0.408. The number of nitrogens with zero attached hydrogens (tertiary/aromatic N) is 1. The lowest BCUT2D eigenvalue weighted by Crippen LogP contribution is -2.50. The maximum absolute atomic E-state index is 9.90. The van der Waals surface area contributed by atoms with E-state index in [1.165, 1.54) is 12.8 Å². The summed E-state index contributed by atoms with van der Waals surface area (Å²) in [5.74, 6) is 1.66. The molecule has 2 aliphatic rings. The van der Waals surface area contributed by atoms with Crippen LogP contribution in [-0.2, 0) is 0 Å². The van der Waals surface area contributed by atoms with E-state index >= 15 is 0 Å². The first-order valence-corrected chi connectivity index (χ1v) is 5.89. The molecule has 0 heterocycles. The van der Waals surface area contributed by atoms with Gasteiger partial charge in [-0.25, -0.2) is 0 Å². The molecule has 0 atom stereocenters. The zero-order valence-electron chi connectivity index (χ0n) is 9.83. The largest absolute Gasteiger partial charge is 0.388 e. The Morgan fingerprint density at radius 1 is 1.38 bits per heavy atom. The molecule has 0 amide bonds. The maximum atomic E-state index is 9.90. The van der Waals surface area contributed by atoms with Crippen LogP contribution in [-0.4, -0.2) is 36.8 Å². The van der Waals surface area contributed by atoms with Crippen LogP contribution in [0.2, 0.25) is 0 Å². The van der Waals surface area contributed by atoms with Crippen LogP contribution >= 0.6 is 24.0 Å². The predicted octanol–water partition coefficient (Wildman–Crippen LogP) is 1.09. The van der Waals surface area contributed by atoms with Crippen LogP contribution in [0.25, 0.3) is 0 Å². The average Bonchev–Trinajstić information content (AvgIpc) is 2.99. The van der Waals surface area contributed by atoms with Crippen molar-refractivity contribution in [2.24, 2.45) is 10.9 Å². The van der Waals surface area contributed by atoms with Gasteiger partial charge in [0.25, 0.3) is 0 Å². The van der Waals surface area contributed by atoms with Gasteiger partial charge in [-0.3, -0.25) is 4.99 Å². The minimum Gasteiger partial charge on any atom is -0.388 e. The highest BCUT2D eigenvalue weighted by atomic mass is 127. The van der Waals surface area contributed by atoms with Gasteiger partial charge in [-0.15, -0.1) is 24.0 Å². The van der Waals surface area contributed by atoms with Gasteiger partial charge in [0.05, 0.1) is 5.60 Å². The van der Waals surface area contributed by atoms with E-state index in [1.807, 2.05) is 0 Å². The standard InChI is InChI=1S/C11H21N3O.HI/c1-12-10(13-7-9-3-4-9)14-8-11(15)5-2-6-11;/h9,15H,2-8H2,1H3,(H2,12,13,14);1H. The van der Waals surface area contributed by atoms with E-state index in [2.05, 4.69) is 15.6 Å². The van der Waals surface area contributed by atoms with Gasteiger partial charge in [-0.05, 0) is 38.0 Å². The molecule has 0 aromatic carbocycles. The molecule has 0 aromatic heterocycles. The summed E-state index contributed by atoms with van der Waals surface area (Å²) >= 11 is 0. The first kappa shape index (κ1) is 14.0. The van der Waals surface area contributed by atoms with Crippen LogP contribution < -0.4 is 10.6 Å². The summed E-state index contributed by atoms with van der Waals surface area (Å²) in [5.41, 5.74) is -0.475. The molecule has 3 N–H and O–H groups in total. The van der Waals surface area contributed by atoms with E-state index in [4.69, 9.17) is 0 Å². The molecule has 0 saturated heterocycles. The third-order valence-corrected chi connectivity index (χ3v) is 3.35. The summed E-state index contributed by atoms with van der Waals surface area (Å²) in [7, 11) is 1.77. The fraction of sp³-hybridized carbons (Fsp3) is 0.909. The molecule has 0 unspecified atom stereocenters. The highest BCUT2D eigenvalue weighted by molar-refractivity contribution is 14.0. The predicted molar refractivity (Wildman–Crippen MR) is 76.3 cm³/mol. The lowest BCUT2D eigenvalue weighted by atomic mass is 9.80. The van der Waals surface area contributed by atoms with Gasteiger partial charge in [0, 0.05) is 20.1 Å². The average molecular weight is 339 g/mol. The Morgan fingerprint density at radius 2 is 2.06 bits per heavy atom. The molecule has 4 nitrogen and oxygen atoms in total. The van der Waals surface area contributed by atoms with Crippen molar-refractivity contribution < 1.29 is 5.11 Å². The molecule has 2 fully saturated rings. The number of rotatable bonds is 4. The molecule has 0 aromatic rings. The Balaban J connectivity index is 0.00000128. The van der Waals surface area contributed by atoms with Crippen molar-refractivity contribution in [2.45, 2.75) is 37.7 Å². The molecule has 94 valence electrons. The van der Waals surface area contributed by atoms with Crippen LogP contribution in [0.15, 0.2) is 4.99 Å². The van der Waals surface area contributed by atoms with Crippen LogP contribution in [0.5, 0.6) is 0 Å². The molecule has 2 rings (SSSR count). The van der Waals surface area contributed by atoms with Crippen LogP contribution in [0, 0.1) is 5.92 Å².